The molecule has 0 aliphatic heterocycles. The molecule has 8 atom stereocenters. The number of ketones is 1. The Hall–Kier alpha value is -0.260. The molecule has 4 saturated carbocycles. The fourth-order valence-corrected chi connectivity index (χ4v) is 8.65. The third-order valence-electron chi connectivity index (χ3n) is 9.85. The summed E-state index contributed by atoms with van der Waals surface area (Å²) >= 11 is 0. The molecule has 0 spiro atoms. The highest BCUT2D eigenvalue weighted by Gasteiger charge is 2.61. The zero-order chi connectivity index (χ0) is 21.9. The van der Waals surface area contributed by atoms with Gasteiger partial charge in [-0.3, -0.25) is 9.36 Å². The number of hydrogen-bond donors (Lipinski definition) is 3. The molecule has 7 heteroatoms. The molecule has 0 radical (unpaired) electrons. The van der Waals surface area contributed by atoms with Crippen molar-refractivity contribution in [2.45, 2.75) is 84.2 Å². The van der Waals surface area contributed by atoms with Gasteiger partial charge in [-0.25, -0.2) is 0 Å². The Kier molecular flexibility index (Phi) is 5.85. The second-order valence-electron chi connectivity index (χ2n) is 11.6. The summed E-state index contributed by atoms with van der Waals surface area (Å²) in [4.78, 5) is 30.9. The van der Waals surface area contributed by atoms with Crippen molar-refractivity contribution in [3.8, 4) is 0 Å². The molecular formula is C23H39O6P. The average molecular weight is 443 g/mol. The maximum Gasteiger partial charge on any atom is 0.350 e. The van der Waals surface area contributed by atoms with Gasteiger partial charge in [0, 0.05) is 5.92 Å². The lowest BCUT2D eigenvalue weighted by Crippen LogP contribution is -2.55. The average Bonchev–Trinajstić information content (AvgIpc) is 2.98. The van der Waals surface area contributed by atoms with Gasteiger partial charge in [-0.1, -0.05) is 13.8 Å². The Morgan fingerprint density at radius 3 is 2.37 bits per heavy atom. The molecule has 0 heterocycles. The van der Waals surface area contributed by atoms with Crippen LogP contribution in [-0.4, -0.2) is 39.2 Å². The summed E-state index contributed by atoms with van der Waals surface area (Å²) in [5.41, 5.74) is -0.230. The molecule has 2 unspecified atom stereocenters. The summed E-state index contributed by atoms with van der Waals surface area (Å²) in [5, 5.41) is 10.6. The molecule has 4 fully saturated rings. The van der Waals surface area contributed by atoms with Crippen LogP contribution >= 0.6 is 7.60 Å². The number of fused-ring (bicyclic) bond motifs is 5. The highest BCUT2D eigenvalue weighted by molar-refractivity contribution is 7.51. The van der Waals surface area contributed by atoms with Gasteiger partial charge in [-0.15, -0.1) is 0 Å². The van der Waals surface area contributed by atoms with Crippen molar-refractivity contribution in [3.63, 3.8) is 0 Å². The van der Waals surface area contributed by atoms with Crippen LogP contribution in [0.5, 0.6) is 0 Å². The monoisotopic (exact) mass is 442 g/mol. The van der Waals surface area contributed by atoms with E-state index in [0.717, 1.165) is 44.9 Å². The molecule has 4 aliphatic rings. The van der Waals surface area contributed by atoms with E-state index >= 15 is 0 Å². The molecule has 0 aromatic carbocycles. The standard InChI is InChI=1S/C23H39O6P/c1-21(25)10-11-22(2)15(12-21)4-5-16-17-6-7-19(23(17,3)9-8-18(16)22)20(24)13-29-14-30(26,27)28/h15-19,25H,4-14H2,1-3H3,(H2,26,27,28)/t15?,16-,17-,18?,19+,21+,22-,23-/m0/s1. The maximum atomic E-state index is 12.9. The summed E-state index contributed by atoms with van der Waals surface area (Å²) in [6.45, 7) is 6.56. The van der Waals surface area contributed by atoms with Gasteiger partial charge >= 0.3 is 7.60 Å². The van der Waals surface area contributed by atoms with E-state index in [-0.39, 0.29) is 23.7 Å². The van der Waals surface area contributed by atoms with Crippen molar-refractivity contribution in [3.05, 3.63) is 0 Å². The van der Waals surface area contributed by atoms with Crippen LogP contribution in [-0.2, 0) is 14.1 Å². The van der Waals surface area contributed by atoms with E-state index in [1.54, 1.807) is 0 Å². The molecule has 4 aliphatic carbocycles. The smallest absolute Gasteiger partial charge is 0.350 e. The van der Waals surface area contributed by atoms with E-state index in [1.807, 2.05) is 6.92 Å². The third kappa shape index (κ3) is 3.96. The van der Waals surface area contributed by atoms with Gasteiger partial charge in [0.25, 0.3) is 0 Å². The first-order valence-corrected chi connectivity index (χ1v) is 13.5. The van der Waals surface area contributed by atoms with Crippen molar-refractivity contribution in [1.29, 1.82) is 0 Å². The van der Waals surface area contributed by atoms with Crippen LogP contribution in [0.4, 0.5) is 0 Å². The number of carbonyl (C=O) groups excluding carboxylic acids is 1. The van der Waals surface area contributed by atoms with Gasteiger partial charge in [-0.2, -0.15) is 0 Å². The van der Waals surface area contributed by atoms with E-state index in [4.69, 9.17) is 14.5 Å². The minimum Gasteiger partial charge on any atom is -0.390 e. The van der Waals surface area contributed by atoms with E-state index in [2.05, 4.69) is 13.8 Å². The lowest BCUT2D eigenvalue weighted by Gasteiger charge is -2.61. The van der Waals surface area contributed by atoms with E-state index < -0.39 is 19.5 Å². The summed E-state index contributed by atoms with van der Waals surface area (Å²) in [5.74, 6) is 2.45. The number of aliphatic hydroxyl groups is 1. The second-order valence-corrected chi connectivity index (χ2v) is 13.2. The van der Waals surface area contributed by atoms with Crippen molar-refractivity contribution in [2.75, 3.05) is 13.0 Å². The highest BCUT2D eigenvalue weighted by Crippen LogP contribution is 2.68. The predicted octanol–water partition coefficient (Wildman–Crippen LogP) is 4.12. The van der Waals surface area contributed by atoms with Gasteiger partial charge in [-0.05, 0) is 99.2 Å². The number of carbonyl (C=O) groups is 1. The summed E-state index contributed by atoms with van der Waals surface area (Å²) in [6, 6.07) is 0. The molecule has 30 heavy (non-hydrogen) atoms. The summed E-state index contributed by atoms with van der Waals surface area (Å²) in [7, 11) is -4.24. The third-order valence-corrected chi connectivity index (χ3v) is 10.4. The topological polar surface area (TPSA) is 104 Å². The molecule has 0 aromatic rings. The maximum absolute atomic E-state index is 12.9. The van der Waals surface area contributed by atoms with Gasteiger partial charge in [0.2, 0.25) is 0 Å². The van der Waals surface area contributed by atoms with Crippen LogP contribution in [0.15, 0.2) is 0 Å². The van der Waals surface area contributed by atoms with Crippen LogP contribution < -0.4 is 0 Å². The lowest BCUT2D eigenvalue weighted by molar-refractivity contribution is -0.152. The summed E-state index contributed by atoms with van der Waals surface area (Å²) < 4.78 is 16.1. The van der Waals surface area contributed by atoms with Crippen molar-refractivity contribution in [1.82, 2.24) is 0 Å². The molecule has 172 valence electrons. The fourth-order valence-electron chi connectivity index (χ4n) is 8.33. The molecule has 0 saturated heterocycles. The predicted molar refractivity (Wildman–Crippen MR) is 114 cm³/mol. The van der Waals surface area contributed by atoms with Gasteiger partial charge in [0.15, 0.2) is 5.78 Å². The minimum absolute atomic E-state index is 0.0144. The van der Waals surface area contributed by atoms with Crippen molar-refractivity contribution in [2.24, 2.45) is 40.4 Å². The van der Waals surface area contributed by atoms with Gasteiger partial charge < -0.3 is 19.6 Å². The second kappa shape index (κ2) is 7.66. The quantitative estimate of drug-likeness (QED) is 0.554. The number of Topliss-reactive ketones (excluding diaryl/α,β-unsaturated/α-hetero) is 1. The molecular weight excluding hydrogens is 403 g/mol. The molecule has 0 aromatic heterocycles. The Morgan fingerprint density at radius 1 is 0.967 bits per heavy atom. The largest absolute Gasteiger partial charge is 0.390 e. The Balaban J connectivity index is 1.46. The summed E-state index contributed by atoms with van der Waals surface area (Å²) in [6.07, 6.45) is 8.78. The van der Waals surface area contributed by atoms with E-state index in [9.17, 15) is 14.5 Å². The first kappa shape index (κ1) is 22.9. The van der Waals surface area contributed by atoms with Crippen LogP contribution in [0.25, 0.3) is 0 Å². The fraction of sp³-hybridized carbons (Fsp3) is 0.957. The van der Waals surface area contributed by atoms with Crippen molar-refractivity contribution < 1.29 is 29.0 Å². The Morgan fingerprint density at radius 2 is 1.67 bits per heavy atom. The van der Waals surface area contributed by atoms with Gasteiger partial charge in [0.1, 0.15) is 13.0 Å². The molecule has 4 rings (SSSR count). The number of rotatable bonds is 5. The number of ether oxygens (including phenoxy) is 1. The van der Waals surface area contributed by atoms with Crippen LogP contribution in [0.1, 0.15) is 78.6 Å². The van der Waals surface area contributed by atoms with Crippen LogP contribution in [0.3, 0.4) is 0 Å². The normalized spacial score (nSPS) is 48.5. The SMILES string of the molecule is C[C@@]1(O)CC[C@@]2(C)C(CC[C@@H]3C2CC[C@]2(C)[C@@H](C(=O)COCP(=O)(O)O)CC[C@@H]32)C1. The highest BCUT2D eigenvalue weighted by atomic mass is 31.2. The Labute approximate surface area is 180 Å². The lowest BCUT2D eigenvalue weighted by atomic mass is 9.44. The first-order chi connectivity index (χ1) is 13.9. The van der Waals surface area contributed by atoms with Crippen molar-refractivity contribution >= 4 is 13.4 Å². The minimum atomic E-state index is -4.24. The van der Waals surface area contributed by atoms with Crippen LogP contribution in [0, 0.1) is 40.4 Å². The zero-order valence-corrected chi connectivity index (χ0v) is 19.6. The van der Waals surface area contributed by atoms with E-state index in [1.165, 1.54) is 12.8 Å². The van der Waals surface area contributed by atoms with Gasteiger partial charge in [0.05, 0.1) is 5.60 Å². The molecule has 0 bridgehead atoms. The zero-order valence-electron chi connectivity index (χ0n) is 18.7. The number of hydrogen-bond acceptors (Lipinski definition) is 4. The van der Waals surface area contributed by atoms with Crippen LogP contribution in [0.2, 0.25) is 0 Å². The Bertz CT molecular complexity index is 731. The van der Waals surface area contributed by atoms with E-state index in [0.29, 0.717) is 29.1 Å². The molecule has 0 amide bonds. The molecule has 3 N–H and O–H groups in total. The molecule has 6 nitrogen and oxygen atoms in total. The first-order valence-electron chi connectivity index (χ1n) is 11.7.